The molecule has 21 heavy (non-hydrogen) atoms. The van der Waals surface area contributed by atoms with E-state index in [1.54, 1.807) is 12.1 Å². The van der Waals surface area contributed by atoms with Gasteiger partial charge in [-0.15, -0.1) is 13.2 Å². The molecule has 0 radical (unpaired) electrons. The predicted octanol–water partition coefficient (Wildman–Crippen LogP) is 4.66. The zero-order valence-electron chi connectivity index (χ0n) is 11.5. The average Bonchev–Trinajstić information content (AvgIpc) is 2.46. The summed E-state index contributed by atoms with van der Waals surface area (Å²) < 4.78 is 40.1. The van der Waals surface area contributed by atoms with Crippen LogP contribution in [0.4, 0.5) is 13.2 Å². The fourth-order valence-electron chi connectivity index (χ4n) is 2.01. The fraction of sp³-hybridized carbons (Fsp3) is 0.250. The molecule has 1 unspecified atom stereocenters. The third-order valence-corrected chi connectivity index (χ3v) is 3.20. The maximum Gasteiger partial charge on any atom is 0.573 e. The van der Waals surface area contributed by atoms with Gasteiger partial charge in [0.25, 0.3) is 0 Å². The number of hydrogen-bond donors (Lipinski definition) is 1. The van der Waals surface area contributed by atoms with Crippen molar-refractivity contribution >= 4 is 0 Å². The van der Waals surface area contributed by atoms with E-state index >= 15 is 0 Å². The van der Waals surface area contributed by atoms with Crippen LogP contribution in [0, 0.1) is 0 Å². The lowest BCUT2D eigenvalue weighted by atomic mass is 10.00. The Bertz CT molecular complexity index is 576. The molecule has 112 valence electrons. The number of benzene rings is 2. The third kappa shape index (κ3) is 4.23. The molecule has 0 aliphatic heterocycles. The summed E-state index contributed by atoms with van der Waals surface area (Å²) in [7, 11) is 0. The number of ether oxygens (including phenoxy) is 1. The minimum atomic E-state index is -4.67. The molecular weight excluding hydrogens is 279 g/mol. The van der Waals surface area contributed by atoms with Crippen molar-refractivity contribution in [3.05, 3.63) is 54.1 Å². The summed E-state index contributed by atoms with van der Waals surface area (Å²) in [6, 6.07) is 13.5. The van der Waals surface area contributed by atoms with Crippen LogP contribution < -0.4 is 10.5 Å². The zero-order valence-corrected chi connectivity index (χ0v) is 11.5. The topological polar surface area (TPSA) is 35.2 Å². The molecule has 0 heterocycles. The van der Waals surface area contributed by atoms with Crippen molar-refractivity contribution in [2.45, 2.75) is 25.7 Å². The van der Waals surface area contributed by atoms with E-state index in [0.29, 0.717) is 0 Å². The molecule has 2 N–H and O–H groups in total. The van der Waals surface area contributed by atoms with Crippen LogP contribution in [0.3, 0.4) is 0 Å². The molecule has 0 aromatic heterocycles. The van der Waals surface area contributed by atoms with Gasteiger partial charge in [0.2, 0.25) is 0 Å². The number of nitrogens with two attached hydrogens (primary N) is 1. The molecule has 5 heteroatoms. The van der Waals surface area contributed by atoms with Gasteiger partial charge in [-0.1, -0.05) is 43.3 Å². The molecule has 0 saturated heterocycles. The second kappa shape index (κ2) is 6.18. The molecule has 2 nitrogen and oxygen atoms in total. The maximum atomic E-state index is 12.1. The van der Waals surface area contributed by atoms with E-state index in [-0.39, 0.29) is 11.8 Å². The lowest BCUT2D eigenvalue weighted by Crippen LogP contribution is -2.16. The molecule has 0 aliphatic carbocycles. The second-order valence-corrected chi connectivity index (χ2v) is 4.71. The molecule has 0 spiro atoms. The van der Waals surface area contributed by atoms with Crippen LogP contribution in [0.5, 0.6) is 5.75 Å². The Morgan fingerprint density at radius 3 is 1.86 bits per heavy atom. The van der Waals surface area contributed by atoms with Gasteiger partial charge >= 0.3 is 6.36 Å². The van der Waals surface area contributed by atoms with E-state index < -0.39 is 6.36 Å². The first kappa shape index (κ1) is 15.4. The van der Waals surface area contributed by atoms with E-state index in [0.717, 1.165) is 23.1 Å². The zero-order chi connectivity index (χ0) is 15.5. The van der Waals surface area contributed by atoms with E-state index in [1.165, 1.54) is 12.1 Å². The Kier molecular flexibility index (Phi) is 4.53. The van der Waals surface area contributed by atoms with Crippen LogP contribution in [-0.4, -0.2) is 6.36 Å². The maximum absolute atomic E-state index is 12.1. The Morgan fingerprint density at radius 1 is 0.952 bits per heavy atom. The van der Waals surface area contributed by atoms with Gasteiger partial charge in [-0.3, -0.25) is 0 Å². The standard InChI is InChI=1S/C16H16F3NO/c1-2-15(20)13-5-3-11(4-6-13)12-7-9-14(10-8-12)21-16(17,18)19/h3-10,15H,2,20H2,1H3. The Morgan fingerprint density at radius 2 is 1.43 bits per heavy atom. The Balaban J connectivity index is 2.15. The van der Waals surface area contributed by atoms with Gasteiger partial charge in [-0.2, -0.15) is 0 Å². The van der Waals surface area contributed by atoms with Crippen LogP contribution in [0.25, 0.3) is 11.1 Å². The van der Waals surface area contributed by atoms with Crippen LogP contribution in [0.15, 0.2) is 48.5 Å². The molecule has 2 rings (SSSR count). The van der Waals surface area contributed by atoms with Crippen molar-refractivity contribution in [1.29, 1.82) is 0 Å². The summed E-state index contributed by atoms with van der Waals surface area (Å²) >= 11 is 0. The summed E-state index contributed by atoms with van der Waals surface area (Å²) in [5.41, 5.74) is 8.72. The minimum Gasteiger partial charge on any atom is -0.406 e. The molecule has 1 atom stereocenters. The van der Waals surface area contributed by atoms with E-state index in [1.807, 2.05) is 31.2 Å². The smallest absolute Gasteiger partial charge is 0.406 e. The van der Waals surface area contributed by atoms with Gasteiger partial charge in [0.05, 0.1) is 0 Å². The lowest BCUT2D eigenvalue weighted by molar-refractivity contribution is -0.274. The van der Waals surface area contributed by atoms with E-state index in [9.17, 15) is 13.2 Å². The van der Waals surface area contributed by atoms with Crippen LogP contribution in [-0.2, 0) is 0 Å². The van der Waals surface area contributed by atoms with Gasteiger partial charge in [0.1, 0.15) is 5.75 Å². The summed E-state index contributed by atoms with van der Waals surface area (Å²) in [6.07, 6.45) is -3.82. The molecule has 0 amide bonds. The highest BCUT2D eigenvalue weighted by molar-refractivity contribution is 5.64. The quantitative estimate of drug-likeness (QED) is 0.890. The van der Waals surface area contributed by atoms with Crippen LogP contribution in [0.2, 0.25) is 0 Å². The van der Waals surface area contributed by atoms with Crippen LogP contribution >= 0.6 is 0 Å². The molecular formula is C16H16F3NO. The van der Waals surface area contributed by atoms with E-state index in [4.69, 9.17) is 5.73 Å². The van der Waals surface area contributed by atoms with Crippen molar-refractivity contribution in [3.8, 4) is 16.9 Å². The van der Waals surface area contributed by atoms with Crippen molar-refractivity contribution in [3.63, 3.8) is 0 Å². The first-order valence-electron chi connectivity index (χ1n) is 6.61. The first-order chi connectivity index (χ1) is 9.89. The summed E-state index contributed by atoms with van der Waals surface area (Å²) in [6.45, 7) is 2.01. The molecule has 0 saturated carbocycles. The first-order valence-corrected chi connectivity index (χ1v) is 6.61. The van der Waals surface area contributed by atoms with Gasteiger partial charge in [0.15, 0.2) is 0 Å². The SMILES string of the molecule is CCC(N)c1ccc(-c2ccc(OC(F)(F)F)cc2)cc1. The van der Waals surface area contributed by atoms with Crippen molar-refractivity contribution in [1.82, 2.24) is 0 Å². The highest BCUT2D eigenvalue weighted by Gasteiger charge is 2.30. The summed E-state index contributed by atoms with van der Waals surface area (Å²) in [5.74, 6) is -0.226. The van der Waals surface area contributed by atoms with Crippen molar-refractivity contribution < 1.29 is 17.9 Å². The van der Waals surface area contributed by atoms with Gasteiger partial charge in [-0.25, -0.2) is 0 Å². The predicted molar refractivity (Wildman–Crippen MR) is 75.8 cm³/mol. The second-order valence-electron chi connectivity index (χ2n) is 4.71. The Hall–Kier alpha value is -2.01. The van der Waals surface area contributed by atoms with Gasteiger partial charge < -0.3 is 10.5 Å². The molecule has 2 aromatic rings. The molecule has 0 aliphatic rings. The van der Waals surface area contributed by atoms with Gasteiger partial charge in [-0.05, 0) is 35.2 Å². The monoisotopic (exact) mass is 295 g/mol. The van der Waals surface area contributed by atoms with E-state index in [2.05, 4.69) is 4.74 Å². The fourth-order valence-corrected chi connectivity index (χ4v) is 2.01. The van der Waals surface area contributed by atoms with Gasteiger partial charge in [0, 0.05) is 6.04 Å². The molecule has 0 bridgehead atoms. The molecule has 0 fully saturated rings. The molecule has 2 aromatic carbocycles. The van der Waals surface area contributed by atoms with Crippen LogP contribution in [0.1, 0.15) is 24.9 Å². The average molecular weight is 295 g/mol. The number of halogens is 3. The summed E-state index contributed by atoms with van der Waals surface area (Å²) in [5, 5.41) is 0. The van der Waals surface area contributed by atoms with Crippen molar-refractivity contribution in [2.24, 2.45) is 5.73 Å². The number of alkyl halides is 3. The lowest BCUT2D eigenvalue weighted by Gasteiger charge is -2.11. The highest BCUT2D eigenvalue weighted by Crippen LogP contribution is 2.27. The minimum absolute atomic E-state index is 0.00149. The number of hydrogen-bond acceptors (Lipinski definition) is 2. The third-order valence-electron chi connectivity index (χ3n) is 3.20. The van der Waals surface area contributed by atoms with Crippen molar-refractivity contribution in [2.75, 3.05) is 0 Å². The highest BCUT2D eigenvalue weighted by atomic mass is 19.4. The largest absolute Gasteiger partial charge is 0.573 e. The number of rotatable bonds is 4. The summed E-state index contributed by atoms with van der Waals surface area (Å²) in [4.78, 5) is 0. The Labute approximate surface area is 121 Å². The normalized spacial score (nSPS) is 13.0.